The Balaban J connectivity index is 2.14. The molecule has 21 heavy (non-hydrogen) atoms. The van der Waals surface area contributed by atoms with Gasteiger partial charge in [0, 0.05) is 29.9 Å². The van der Waals surface area contributed by atoms with Crippen molar-refractivity contribution in [2.75, 3.05) is 11.9 Å². The van der Waals surface area contributed by atoms with E-state index in [1.807, 2.05) is 0 Å². The summed E-state index contributed by atoms with van der Waals surface area (Å²) in [6, 6.07) is 4.94. The molecule has 0 saturated heterocycles. The summed E-state index contributed by atoms with van der Waals surface area (Å²) in [4.78, 5) is 9.88. The maximum Gasteiger partial charge on any atom is 0.270 e. The molecule has 2 N–H and O–H groups in total. The van der Waals surface area contributed by atoms with Gasteiger partial charge < -0.3 is 10.4 Å². The number of thiophene rings is 1. The Morgan fingerprint density at radius 3 is 2.71 bits per heavy atom. The Hall–Kier alpha value is -2.06. The second-order valence-corrected chi connectivity index (χ2v) is 5.06. The van der Waals surface area contributed by atoms with Crippen molar-refractivity contribution in [2.45, 2.75) is 12.5 Å². The SMILES string of the molecule is O=[N+]([O-])c1ccc(NCC(O)c2ccsc2)c(C(F)F)c1. The van der Waals surface area contributed by atoms with Crippen LogP contribution in [0.5, 0.6) is 0 Å². The highest BCUT2D eigenvalue weighted by atomic mass is 32.1. The number of hydrogen-bond donors (Lipinski definition) is 2. The molecule has 0 aliphatic carbocycles. The molecule has 1 unspecified atom stereocenters. The van der Waals surface area contributed by atoms with E-state index >= 15 is 0 Å². The fraction of sp³-hybridized carbons (Fsp3) is 0.231. The van der Waals surface area contributed by atoms with E-state index in [-0.39, 0.29) is 12.2 Å². The lowest BCUT2D eigenvalue weighted by atomic mass is 10.1. The van der Waals surface area contributed by atoms with Gasteiger partial charge in [0.15, 0.2) is 0 Å². The summed E-state index contributed by atoms with van der Waals surface area (Å²) in [5.74, 6) is 0. The van der Waals surface area contributed by atoms with Gasteiger partial charge in [-0.2, -0.15) is 11.3 Å². The van der Waals surface area contributed by atoms with Crippen LogP contribution in [-0.4, -0.2) is 16.6 Å². The molecular weight excluding hydrogens is 302 g/mol. The molecule has 0 aliphatic heterocycles. The first-order valence-corrected chi connectivity index (χ1v) is 6.94. The number of nitrogens with one attached hydrogen (secondary N) is 1. The molecule has 5 nitrogen and oxygen atoms in total. The molecule has 2 rings (SSSR count). The minimum Gasteiger partial charge on any atom is -0.387 e. The summed E-state index contributed by atoms with van der Waals surface area (Å²) in [5, 5.41) is 26.8. The van der Waals surface area contributed by atoms with Gasteiger partial charge in [-0.25, -0.2) is 8.78 Å². The van der Waals surface area contributed by atoms with Gasteiger partial charge in [0.05, 0.1) is 11.0 Å². The predicted octanol–water partition coefficient (Wildman–Crippen LogP) is 3.74. The molecular formula is C13H12F2N2O3S. The highest BCUT2D eigenvalue weighted by Gasteiger charge is 2.18. The monoisotopic (exact) mass is 314 g/mol. The summed E-state index contributed by atoms with van der Waals surface area (Å²) >= 11 is 1.42. The van der Waals surface area contributed by atoms with E-state index in [9.17, 15) is 24.0 Å². The van der Waals surface area contributed by atoms with Gasteiger partial charge in [0.2, 0.25) is 0 Å². The fourth-order valence-corrected chi connectivity index (χ4v) is 2.50. The second kappa shape index (κ2) is 6.59. The molecule has 2 aromatic rings. The second-order valence-electron chi connectivity index (χ2n) is 4.28. The number of nitrogens with zero attached hydrogens (tertiary/aromatic N) is 1. The molecule has 0 radical (unpaired) electrons. The van der Waals surface area contributed by atoms with E-state index < -0.39 is 28.7 Å². The van der Waals surface area contributed by atoms with Crippen LogP contribution in [0.25, 0.3) is 0 Å². The first-order valence-electron chi connectivity index (χ1n) is 5.99. The van der Waals surface area contributed by atoms with Crippen LogP contribution in [0.15, 0.2) is 35.0 Å². The molecule has 112 valence electrons. The van der Waals surface area contributed by atoms with Crippen LogP contribution in [0.1, 0.15) is 23.7 Å². The Labute approximate surface area is 123 Å². The zero-order valence-corrected chi connectivity index (χ0v) is 11.5. The van der Waals surface area contributed by atoms with Crippen LogP contribution in [-0.2, 0) is 0 Å². The van der Waals surface area contributed by atoms with Crippen molar-refractivity contribution in [1.29, 1.82) is 0 Å². The third kappa shape index (κ3) is 3.73. The number of alkyl halides is 2. The molecule has 1 aromatic heterocycles. The number of aliphatic hydroxyl groups is 1. The normalized spacial score (nSPS) is 12.4. The molecule has 0 bridgehead atoms. The number of nitro benzene ring substituents is 1. The van der Waals surface area contributed by atoms with E-state index in [0.29, 0.717) is 5.56 Å². The number of non-ortho nitro benzene ring substituents is 1. The van der Waals surface area contributed by atoms with Crippen LogP contribution in [0.4, 0.5) is 20.2 Å². The third-order valence-corrected chi connectivity index (χ3v) is 3.60. The van der Waals surface area contributed by atoms with Crippen molar-refractivity contribution in [3.05, 3.63) is 56.3 Å². The van der Waals surface area contributed by atoms with Crippen LogP contribution >= 0.6 is 11.3 Å². The minimum absolute atomic E-state index is 0.0360. The van der Waals surface area contributed by atoms with Crippen LogP contribution in [0, 0.1) is 10.1 Å². The predicted molar refractivity (Wildman–Crippen MR) is 75.8 cm³/mol. The molecule has 0 fully saturated rings. The van der Waals surface area contributed by atoms with E-state index in [1.54, 1.807) is 16.8 Å². The molecule has 8 heteroatoms. The van der Waals surface area contributed by atoms with Crippen LogP contribution < -0.4 is 5.32 Å². The van der Waals surface area contributed by atoms with Gasteiger partial charge in [-0.1, -0.05) is 0 Å². The Morgan fingerprint density at radius 1 is 1.38 bits per heavy atom. The summed E-state index contributed by atoms with van der Waals surface area (Å²) in [6.07, 6.45) is -3.68. The summed E-state index contributed by atoms with van der Waals surface area (Å²) in [5.41, 5.74) is -0.0890. The van der Waals surface area contributed by atoms with Crippen LogP contribution in [0.3, 0.4) is 0 Å². The quantitative estimate of drug-likeness (QED) is 0.629. The standard InChI is InChI=1S/C13H12F2N2O3S/c14-13(15)10-5-9(17(19)20)1-2-11(10)16-6-12(18)8-3-4-21-7-8/h1-5,7,12-13,16,18H,6H2. The van der Waals surface area contributed by atoms with Gasteiger partial charge >= 0.3 is 0 Å². The Morgan fingerprint density at radius 2 is 2.14 bits per heavy atom. The van der Waals surface area contributed by atoms with Crippen molar-refractivity contribution in [2.24, 2.45) is 0 Å². The highest BCUT2D eigenvalue weighted by molar-refractivity contribution is 7.07. The maximum absolute atomic E-state index is 12.9. The number of nitro groups is 1. The number of anilines is 1. The van der Waals surface area contributed by atoms with Crippen molar-refractivity contribution in [1.82, 2.24) is 0 Å². The van der Waals surface area contributed by atoms with Crippen molar-refractivity contribution < 1.29 is 18.8 Å². The Bertz CT molecular complexity index is 620. The lowest BCUT2D eigenvalue weighted by Gasteiger charge is -2.14. The smallest absolute Gasteiger partial charge is 0.270 e. The van der Waals surface area contributed by atoms with Gasteiger partial charge in [-0.3, -0.25) is 10.1 Å². The molecule has 0 amide bonds. The zero-order chi connectivity index (χ0) is 15.4. The molecule has 0 saturated carbocycles. The van der Waals surface area contributed by atoms with E-state index in [0.717, 1.165) is 12.1 Å². The molecule has 1 heterocycles. The lowest BCUT2D eigenvalue weighted by Crippen LogP contribution is -2.13. The van der Waals surface area contributed by atoms with Gasteiger partial charge in [0.1, 0.15) is 0 Å². The topological polar surface area (TPSA) is 75.4 Å². The van der Waals surface area contributed by atoms with E-state index in [4.69, 9.17) is 0 Å². The number of aliphatic hydroxyl groups excluding tert-OH is 1. The van der Waals surface area contributed by atoms with Gasteiger partial charge in [-0.05, 0) is 28.5 Å². The number of halogens is 2. The Kier molecular flexibility index (Phi) is 4.81. The largest absolute Gasteiger partial charge is 0.387 e. The first kappa shape index (κ1) is 15.3. The highest BCUT2D eigenvalue weighted by Crippen LogP contribution is 2.31. The molecule has 0 aliphatic rings. The van der Waals surface area contributed by atoms with Crippen molar-refractivity contribution >= 4 is 22.7 Å². The minimum atomic E-state index is -2.84. The number of hydrogen-bond acceptors (Lipinski definition) is 5. The van der Waals surface area contributed by atoms with Gasteiger partial charge in [-0.15, -0.1) is 0 Å². The lowest BCUT2D eigenvalue weighted by molar-refractivity contribution is -0.385. The first-order chi connectivity index (χ1) is 9.99. The van der Waals surface area contributed by atoms with Crippen molar-refractivity contribution in [3.8, 4) is 0 Å². The zero-order valence-electron chi connectivity index (χ0n) is 10.7. The number of rotatable bonds is 6. The average Bonchev–Trinajstić information content (AvgIpc) is 2.98. The third-order valence-electron chi connectivity index (χ3n) is 2.89. The molecule has 0 spiro atoms. The van der Waals surface area contributed by atoms with E-state index in [1.165, 1.54) is 17.4 Å². The van der Waals surface area contributed by atoms with E-state index in [2.05, 4.69) is 5.32 Å². The molecule has 1 aromatic carbocycles. The summed E-state index contributed by atoms with van der Waals surface area (Å²) in [7, 11) is 0. The van der Waals surface area contributed by atoms with Gasteiger partial charge in [0.25, 0.3) is 12.1 Å². The maximum atomic E-state index is 12.9. The van der Waals surface area contributed by atoms with Crippen molar-refractivity contribution in [3.63, 3.8) is 0 Å². The fourth-order valence-electron chi connectivity index (χ4n) is 1.79. The molecule has 1 atom stereocenters. The number of benzene rings is 1. The van der Waals surface area contributed by atoms with Crippen LogP contribution in [0.2, 0.25) is 0 Å². The average molecular weight is 314 g/mol. The summed E-state index contributed by atoms with van der Waals surface area (Å²) < 4.78 is 25.9. The summed E-state index contributed by atoms with van der Waals surface area (Å²) in [6.45, 7) is 0.0360.